The number of pyridine rings is 1. The monoisotopic (exact) mass is 417 g/mol. The second-order valence-electron chi connectivity index (χ2n) is 7.12. The van der Waals surface area contributed by atoms with Crippen molar-refractivity contribution in [2.45, 2.75) is 6.92 Å². The molecule has 0 spiro atoms. The number of nitrogens with zero attached hydrogens (tertiary/aromatic N) is 4. The molecular weight excluding hydrogens is 400 g/mol. The van der Waals surface area contributed by atoms with Gasteiger partial charge in [0.05, 0.1) is 29.3 Å². The Morgan fingerprint density at radius 3 is 2.42 bits per heavy atom. The summed E-state index contributed by atoms with van der Waals surface area (Å²) >= 11 is 0. The molecule has 1 N–H and O–H groups in total. The number of anilines is 2. The molecule has 31 heavy (non-hydrogen) atoms. The van der Waals surface area contributed by atoms with Gasteiger partial charge in [0.25, 0.3) is 0 Å². The second-order valence-corrected chi connectivity index (χ2v) is 7.12. The maximum absolute atomic E-state index is 14.4. The number of imidazole rings is 1. The summed E-state index contributed by atoms with van der Waals surface area (Å²) in [7, 11) is 1.80. The summed E-state index contributed by atoms with van der Waals surface area (Å²) in [5, 5.41) is 3.19. The molecule has 0 saturated heterocycles. The molecule has 0 atom stereocenters. The van der Waals surface area contributed by atoms with Gasteiger partial charge in [-0.2, -0.15) is 0 Å². The first-order valence-electron chi connectivity index (χ1n) is 9.56. The molecule has 0 radical (unpaired) electrons. The number of oxazole rings is 1. The van der Waals surface area contributed by atoms with Crippen LogP contribution >= 0.6 is 0 Å². The van der Waals surface area contributed by atoms with Crippen LogP contribution in [0.2, 0.25) is 0 Å². The number of halogens is 2. The van der Waals surface area contributed by atoms with E-state index >= 15 is 0 Å². The molecule has 0 bridgehead atoms. The minimum atomic E-state index is -0.398. The van der Waals surface area contributed by atoms with Gasteiger partial charge in [0, 0.05) is 19.5 Å². The lowest BCUT2D eigenvalue weighted by Crippen LogP contribution is -1.95. The van der Waals surface area contributed by atoms with Gasteiger partial charge in [-0.1, -0.05) is 0 Å². The van der Waals surface area contributed by atoms with Gasteiger partial charge in [0.2, 0.25) is 0 Å². The van der Waals surface area contributed by atoms with Crippen molar-refractivity contribution in [1.29, 1.82) is 0 Å². The van der Waals surface area contributed by atoms with E-state index in [0.29, 0.717) is 45.6 Å². The zero-order valence-corrected chi connectivity index (χ0v) is 16.7. The van der Waals surface area contributed by atoms with Gasteiger partial charge in [-0.25, -0.2) is 18.7 Å². The number of aromatic nitrogens is 4. The Balaban J connectivity index is 1.52. The van der Waals surface area contributed by atoms with Crippen LogP contribution in [0.4, 0.5) is 20.2 Å². The van der Waals surface area contributed by atoms with Gasteiger partial charge in [0.1, 0.15) is 28.7 Å². The molecule has 0 aliphatic rings. The fourth-order valence-corrected chi connectivity index (χ4v) is 3.45. The fourth-order valence-electron chi connectivity index (χ4n) is 3.45. The van der Waals surface area contributed by atoms with E-state index in [-0.39, 0.29) is 5.82 Å². The van der Waals surface area contributed by atoms with Gasteiger partial charge in [-0.05, 0) is 48.5 Å². The molecule has 8 heteroatoms. The number of hydrogen-bond donors (Lipinski definition) is 1. The van der Waals surface area contributed by atoms with Crippen molar-refractivity contribution in [2.24, 2.45) is 7.05 Å². The Morgan fingerprint density at radius 2 is 1.74 bits per heavy atom. The standard InChI is InChI=1S/C23H17F2N5O/c1-13-26-12-21(31-13)18-8-7-17(11-27-18)28-19-9-16(25)10-20-22(19)29-23(30(20)2)14-3-5-15(24)6-4-14/h3-12,28H,1-2H3. The van der Waals surface area contributed by atoms with E-state index in [9.17, 15) is 8.78 Å². The summed E-state index contributed by atoms with van der Waals surface area (Å²) in [6, 6.07) is 12.5. The van der Waals surface area contributed by atoms with E-state index in [0.717, 1.165) is 5.56 Å². The molecule has 6 nitrogen and oxygen atoms in total. The number of hydrogen-bond acceptors (Lipinski definition) is 5. The number of fused-ring (bicyclic) bond motifs is 1. The van der Waals surface area contributed by atoms with Gasteiger partial charge in [-0.15, -0.1) is 0 Å². The smallest absolute Gasteiger partial charge is 0.191 e. The number of aryl methyl sites for hydroxylation is 2. The normalized spacial score (nSPS) is 11.2. The van der Waals surface area contributed by atoms with Gasteiger partial charge in [-0.3, -0.25) is 4.98 Å². The first-order valence-corrected chi connectivity index (χ1v) is 9.56. The van der Waals surface area contributed by atoms with Gasteiger partial charge in [0.15, 0.2) is 11.7 Å². The summed E-state index contributed by atoms with van der Waals surface area (Å²) in [5.74, 6) is 1.02. The molecule has 0 aliphatic carbocycles. The summed E-state index contributed by atoms with van der Waals surface area (Å²) in [4.78, 5) is 13.1. The largest absolute Gasteiger partial charge is 0.439 e. The minimum Gasteiger partial charge on any atom is -0.439 e. The molecule has 5 rings (SSSR count). The molecule has 3 heterocycles. The van der Waals surface area contributed by atoms with Crippen LogP contribution in [-0.4, -0.2) is 19.5 Å². The quantitative estimate of drug-likeness (QED) is 0.411. The third-order valence-electron chi connectivity index (χ3n) is 4.97. The highest BCUT2D eigenvalue weighted by atomic mass is 19.1. The van der Waals surface area contributed by atoms with Crippen LogP contribution in [0.25, 0.3) is 33.9 Å². The highest BCUT2D eigenvalue weighted by Gasteiger charge is 2.15. The molecule has 2 aromatic carbocycles. The predicted molar refractivity (Wildman–Crippen MR) is 114 cm³/mol. The Labute approximate surface area is 176 Å². The topological polar surface area (TPSA) is 68.8 Å². The lowest BCUT2D eigenvalue weighted by Gasteiger charge is -2.08. The van der Waals surface area contributed by atoms with Crippen molar-refractivity contribution >= 4 is 22.4 Å². The van der Waals surface area contributed by atoms with Gasteiger partial charge >= 0.3 is 0 Å². The summed E-state index contributed by atoms with van der Waals surface area (Å²) in [6.45, 7) is 1.77. The second kappa shape index (κ2) is 7.32. The lowest BCUT2D eigenvalue weighted by atomic mass is 10.2. The fraction of sp³-hybridized carbons (Fsp3) is 0.0870. The molecule has 154 valence electrons. The zero-order chi connectivity index (χ0) is 21.5. The van der Waals surface area contributed by atoms with Crippen LogP contribution < -0.4 is 5.32 Å². The van der Waals surface area contributed by atoms with E-state index in [4.69, 9.17) is 4.42 Å². The van der Waals surface area contributed by atoms with Crippen molar-refractivity contribution < 1.29 is 13.2 Å². The highest BCUT2D eigenvalue weighted by molar-refractivity contribution is 5.93. The van der Waals surface area contributed by atoms with Crippen molar-refractivity contribution in [3.63, 3.8) is 0 Å². The van der Waals surface area contributed by atoms with E-state index in [1.165, 1.54) is 24.3 Å². The van der Waals surface area contributed by atoms with Crippen LogP contribution in [0, 0.1) is 18.6 Å². The SMILES string of the molecule is Cc1ncc(-c2ccc(Nc3cc(F)cc4c3nc(-c3ccc(F)cc3)n4C)cn2)o1. The number of rotatable bonds is 4. The van der Waals surface area contributed by atoms with Crippen LogP contribution in [-0.2, 0) is 7.05 Å². The van der Waals surface area contributed by atoms with Crippen molar-refractivity contribution in [3.05, 3.63) is 78.4 Å². The Bertz CT molecular complexity index is 1390. The molecule has 0 fully saturated rings. The van der Waals surface area contributed by atoms with E-state index in [1.807, 2.05) is 6.07 Å². The molecule has 0 saturated carbocycles. The van der Waals surface area contributed by atoms with Crippen molar-refractivity contribution in [3.8, 4) is 22.8 Å². The molecule has 0 aliphatic heterocycles. The predicted octanol–water partition coefficient (Wildman–Crippen LogP) is 5.62. The van der Waals surface area contributed by atoms with Gasteiger partial charge < -0.3 is 14.3 Å². The zero-order valence-electron chi connectivity index (χ0n) is 16.7. The summed E-state index contributed by atoms with van der Waals surface area (Å²) in [5.41, 5.74) is 3.76. The third-order valence-corrected chi connectivity index (χ3v) is 4.97. The minimum absolute atomic E-state index is 0.327. The molecule has 5 aromatic rings. The number of benzene rings is 2. The van der Waals surface area contributed by atoms with Crippen molar-refractivity contribution in [2.75, 3.05) is 5.32 Å². The van der Waals surface area contributed by atoms with E-state index < -0.39 is 5.82 Å². The van der Waals surface area contributed by atoms with Crippen LogP contribution in [0.3, 0.4) is 0 Å². The first kappa shape index (κ1) is 18.9. The van der Waals surface area contributed by atoms with Crippen LogP contribution in [0.1, 0.15) is 5.89 Å². The molecule has 3 aromatic heterocycles. The Kier molecular flexibility index (Phi) is 4.47. The molecule has 0 unspecified atom stereocenters. The average molecular weight is 417 g/mol. The van der Waals surface area contributed by atoms with E-state index in [1.54, 1.807) is 49.1 Å². The summed E-state index contributed by atoms with van der Waals surface area (Å²) < 4.78 is 34.9. The third kappa shape index (κ3) is 3.52. The first-order chi connectivity index (χ1) is 15.0. The average Bonchev–Trinajstić information content (AvgIpc) is 3.33. The van der Waals surface area contributed by atoms with Crippen molar-refractivity contribution in [1.82, 2.24) is 19.5 Å². The Hall–Kier alpha value is -4.07. The van der Waals surface area contributed by atoms with Crippen LogP contribution in [0.5, 0.6) is 0 Å². The van der Waals surface area contributed by atoms with E-state index in [2.05, 4.69) is 20.3 Å². The molecular formula is C23H17F2N5O. The van der Waals surface area contributed by atoms with Crippen LogP contribution in [0.15, 0.2) is 65.3 Å². The highest BCUT2D eigenvalue weighted by Crippen LogP contribution is 2.31. The maximum Gasteiger partial charge on any atom is 0.191 e. The lowest BCUT2D eigenvalue weighted by molar-refractivity contribution is 0.532. The Morgan fingerprint density at radius 1 is 0.935 bits per heavy atom. The maximum atomic E-state index is 14.4. The molecule has 0 amide bonds. The number of nitrogens with one attached hydrogen (secondary N) is 1. The summed E-state index contributed by atoms with van der Waals surface area (Å²) in [6.07, 6.45) is 3.25.